The predicted octanol–water partition coefficient (Wildman–Crippen LogP) is 3.75. The van der Waals surface area contributed by atoms with Crippen molar-refractivity contribution in [2.45, 2.75) is 13.5 Å². The molecule has 2 heterocycles. The second kappa shape index (κ2) is 8.19. The van der Waals surface area contributed by atoms with E-state index in [4.69, 9.17) is 9.47 Å². The first-order chi connectivity index (χ1) is 14.1. The number of benzene rings is 2. The fourth-order valence-electron chi connectivity index (χ4n) is 2.74. The van der Waals surface area contributed by atoms with Crippen molar-refractivity contribution in [1.29, 1.82) is 0 Å². The van der Waals surface area contributed by atoms with Crippen molar-refractivity contribution in [1.82, 2.24) is 10.3 Å². The Balaban J connectivity index is 1.31. The smallest absolute Gasteiger partial charge is 0.325 e. The molecule has 9 heteroatoms. The zero-order chi connectivity index (χ0) is 20.2. The molecule has 1 aliphatic rings. The molecular formula is C20H18N4O4S. The van der Waals surface area contributed by atoms with Crippen LogP contribution in [0.2, 0.25) is 0 Å². The summed E-state index contributed by atoms with van der Waals surface area (Å²) in [5, 5.41) is 10.1. The van der Waals surface area contributed by atoms with Crippen LogP contribution in [0.25, 0.3) is 0 Å². The van der Waals surface area contributed by atoms with Crippen molar-refractivity contribution in [2.24, 2.45) is 0 Å². The third-order valence-electron chi connectivity index (χ3n) is 4.12. The van der Waals surface area contributed by atoms with Gasteiger partial charge in [-0.15, -0.1) is 11.3 Å². The molecule has 8 nitrogen and oxygen atoms in total. The lowest BCUT2D eigenvalue weighted by Crippen LogP contribution is -2.23. The Kier molecular flexibility index (Phi) is 5.30. The van der Waals surface area contributed by atoms with Gasteiger partial charge in [-0.25, -0.2) is 9.78 Å². The van der Waals surface area contributed by atoms with E-state index in [1.54, 1.807) is 11.4 Å². The number of aryl methyl sites for hydroxylation is 1. The quantitative estimate of drug-likeness (QED) is 0.595. The summed E-state index contributed by atoms with van der Waals surface area (Å²) >= 11 is 1.18. The van der Waals surface area contributed by atoms with Crippen molar-refractivity contribution in [3.63, 3.8) is 0 Å². The van der Waals surface area contributed by atoms with Crippen LogP contribution in [-0.4, -0.2) is 23.7 Å². The van der Waals surface area contributed by atoms with E-state index >= 15 is 0 Å². The van der Waals surface area contributed by atoms with E-state index in [0.717, 1.165) is 11.1 Å². The van der Waals surface area contributed by atoms with Crippen LogP contribution in [0.15, 0.2) is 47.8 Å². The van der Waals surface area contributed by atoms with Gasteiger partial charge in [-0.05, 0) is 42.3 Å². The molecule has 148 valence electrons. The molecule has 0 saturated heterocycles. The average Bonchev–Trinajstić information content (AvgIpc) is 3.35. The summed E-state index contributed by atoms with van der Waals surface area (Å²) in [4.78, 5) is 28.6. The molecule has 4 rings (SSSR count). The monoisotopic (exact) mass is 410 g/mol. The Morgan fingerprint density at radius 1 is 1.10 bits per heavy atom. The summed E-state index contributed by atoms with van der Waals surface area (Å²) < 4.78 is 10.6. The second-order valence-electron chi connectivity index (χ2n) is 6.36. The minimum absolute atomic E-state index is 0.206. The summed E-state index contributed by atoms with van der Waals surface area (Å²) in [7, 11) is 0. The van der Waals surface area contributed by atoms with E-state index in [-0.39, 0.29) is 18.4 Å². The van der Waals surface area contributed by atoms with Crippen LogP contribution in [0.5, 0.6) is 11.5 Å². The summed E-state index contributed by atoms with van der Waals surface area (Å²) in [6, 6.07) is 12.5. The summed E-state index contributed by atoms with van der Waals surface area (Å²) in [6.07, 6.45) is 0. The number of aromatic nitrogens is 1. The third-order valence-corrected chi connectivity index (χ3v) is 4.88. The van der Waals surface area contributed by atoms with Gasteiger partial charge < -0.3 is 20.1 Å². The van der Waals surface area contributed by atoms with E-state index in [1.165, 1.54) is 11.3 Å². The number of carbonyl (C=O) groups is 2. The van der Waals surface area contributed by atoms with Crippen molar-refractivity contribution < 1.29 is 19.1 Å². The molecular weight excluding hydrogens is 392 g/mol. The number of ether oxygens (including phenoxy) is 2. The van der Waals surface area contributed by atoms with Gasteiger partial charge in [-0.1, -0.05) is 18.2 Å². The zero-order valence-corrected chi connectivity index (χ0v) is 16.3. The summed E-state index contributed by atoms with van der Waals surface area (Å²) in [6.45, 7) is 2.47. The topological polar surface area (TPSA) is 102 Å². The number of urea groups is 1. The van der Waals surface area contributed by atoms with Crippen molar-refractivity contribution in [2.75, 3.05) is 17.4 Å². The number of nitrogens with one attached hydrogen (secondary N) is 3. The largest absolute Gasteiger partial charge is 0.454 e. The summed E-state index contributed by atoms with van der Waals surface area (Å²) in [5.74, 6) is 1.03. The maximum absolute atomic E-state index is 12.3. The first kappa shape index (κ1) is 18.8. The maximum Gasteiger partial charge on any atom is 0.325 e. The standard InChI is InChI=1S/C20H18N4O4S/c1-12-3-2-4-14(7-12)22-19(26)24-20-23-15(10-29-20)18(25)21-9-13-5-6-16-17(8-13)28-11-27-16/h2-8,10H,9,11H2,1H3,(H,21,25)(H2,22,23,24,26). The van der Waals surface area contributed by atoms with E-state index in [1.807, 2.05) is 43.3 Å². The van der Waals surface area contributed by atoms with Gasteiger partial charge in [0.15, 0.2) is 16.6 Å². The van der Waals surface area contributed by atoms with E-state index < -0.39 is 6.03 Å². The van der Waals surface area contributed by atoms with Gasteiger partial charge in [-0.2, -0.15) is 0 Å². The van der Waals surface area contributed by atoms with Crippen LogP contribution < -0.4 is 25.4 Å². The highest BCUT2D eigenvalue weighted by molar-refractivity contribution is 7.14. The Bertz CT molecular complexity index is 1070. The molecule has 0 aliphatic carbocycles. The number of hydrogen-bond donors (Lipinski definition) is 3. The minimum Gasteiger partial charge on any atom is -0.454 e. The molecule has 1 aliphatic heterocycles. The maximum atomic E-state index is 12.3. The molecule has 0 unspecified atom stereocenters. The first-order valence-electron chi connectivity index (χ1n) is 8.84. The minimum atomic E-state index is -0.419. The van der Waals surface area contributed by atoms with Crippen LogP contribution in [0.4, 0.5) is 15.6 Å². The van der Waals surface area contributed by atoms with E-state index in [9.17, 15) is 9.59 Å². The SMILES string of the molecule is Cc1cccc(NC(=O)Nc2nc(C(=O)NCc3ccc4c(c3)OCO4)cs2)c1. The molecule has 0 bridgehead atoms. The van der Waals surface area contributed by atoms with Gasteiger partial charge in [0.25, 0.3) is 5.91 Å². The van der Waals surface area contributed by atoms with Gasteiger partial charge in [0.1, 0.15) is 5.69 Å². The van der Waals surface area contributed by atoms with Crippen LogP contribution in [0, 0.1) is 6.92 Å². The number of hydrogen-bond acceptors (Lipinski definition) is 6. The summed E-state index contributed by atoms with van der Waals surface area (Å²) in [5.41, 5.74) is 2.84. The molecule has 0 radical (unpaired) electrons. The fraction of sp³-hybridized carbons (Fsp3) is 0.150. The molecule has 3 amide bonds. The zero-order valence-electron chi connectivity index (χ0n) is 15.5. The number of amides is 3. The number of fused-ring (bicyclic) bond motifs is 1. The molecule has 1 aromatic heterocycles. The van der Waals surface area contributed by atoms with Gasteiger partial charge in [0.05, 0.1) is 0 Å². The Morgan fingerprint density at radius 2 is 1.97 bits per heavy atom. The first-order valence-corrected chi connectivity index (χ1v) is 9.72. The second-order valence-corrected chi connectivity index (χ2v) is 7.21. The molecule has 0 saturated carbocycles. The highest BCUT2D eigenvalue weighted by atomic mass is 32.1. The predicted molar refractivity (Wildman–Crippen MR) is 110 cm³/mol. The van der Waals surface area contributed by atoms with Crippen LogP contribution >= 0.6 is 11.3 Å². The lowest BCUT2D eigenvalue weighted by Gasteiger charge is -2.06. The molecule has 0 spiro atoms. The van der Waals surface area contributed by atoms with Gasteiger partial charge >= 0.3 is 6.03 Å². The lowest BCUT2D eigenvalue weighted by atomic mass is 10.2. The van der Waals surface area contributed by atoms with Gasteiger partial charge in [0, 0.05) is 17.6 Å². The normalized spacial score (nSPS) is 11.8. The highest BCUT2D eigenvalue weighted by Crippen LogP contribution is 2.32. The fourth-order valence-corrected chi connectivity index (χ4v) is 3.43. The molecule has 0 atom stereocenters. The molecule has 2 aromatic carbocycles. The van der Waals surface area contributed by atoms with Gasteiger partial charge in [-0.3, -0.25) is 10.1 Å². The van der Waals surface area contributed by atoms with Crippen LogP contribution in [-0.2, 0) is 6.54 Å². The molecule has 3 N–H and O–H groups in total. The Morgan fingerprint density at radius 3 is 2.83 bits per heavy atom. The van der Waals surface area contributed by atoms with Crippen molar-refractivity contribution in [3.05, 3.63) is 64.7 Å². The number of anilines is 2. The number of nitrogens with zero attached hydrogens (tertiary/aromatic N) is 1. The lowest BCUT2D eigenvalue weighted by molar-refractivity contribution is 0.0946. The van der Waals surface area contributed by atoms with Gasteiger partial charge in [0.2, 0.25) is 6.79 Å². The van der Waals surface area contributed by atoms with Crippen LogP contribution in [0.1, 0.15) is 21.6 Å². The molecule has 0 fully saturated rings. The third kappa shape index (κ3) is 4.64. The molecule has 29 heavy (non-hydrogen) atoms. The van der Waals surface area contributed by atoms with E-state index in [0.29, 0.717) is 28.9 Å². The van der Waals surface area contributed by atoms with Crippen molar-refractivity contribution in [3.8, 4) is 11.5 Å². The number of thiazole rings is 1. The number of carbonyl (C=O) groups excluding carboxylic acids is 2. The van der Waals surface area contributed by atoms with Crippen LogP contribution in [0.3, 0.4) is 0 Å². The Hall–Kier alpha value is -3.59. The molecule has 3 aromatic rings. The number of rotatable bonds is 5. The average molecular weight is 410 g/mol. The van der Waals surface area contributed by atoms with E-state index in [2.05, 4.69) is 20.9 Å². The Labute approximate surface area is 170 Å². The highest BCUT2D eigenvalue weighted by Gasteiger charge is 2.15. The van der Waals surface area contributed by atoms with Crippen molar-refractivity contribution >= 4 is 34.1 Å².